The van der Waals surface area contributed by atoms with E-state index >= 15 is 0 Å². The first-order chi connectivity index (χ1) is 15.5. The quantitative estimate of drug-likeness (QED) is 0.553. The van der Waals surface area contributed by atoms with Crippen LogP contribution in [0.5, 0.6) is 0 Å². The molecule has 32 heavy (non-hydrogen) atoms. The molecule has 0 bridgehead atoms. The highest BCUT2D eigenvalue weighted by Crippen LogP contribution is 2.13. The molecule has 1 fully saturated rings. The molecule has 0 spiro atoms. The van der Waals surface area contributed by atoms with Crippen molar-refractivity contribution in [3.05, 3.63) is 59.5 Å². The van der Waals surface area contributed by atoms with Crippen LogP contribution in [-0.4, -0.2) is 49.3 Å². The van der Waals surface area contributed by atoms with Crippen LogP contribution in [0.25, 0.3) is 0 Å². The van der Waals surface area contributed by atoms with Gasteiger partial charge in [-0.3, -0.25) is 4.79 Å². The monoisotopic (exact) mass is 443 g/mol. The Bertz CT molecular complexity index is 870. The minimum atomic E-state index is -0.645. The molecule has 2 aromatic rings. The molecule has 8 nitrogen and oxygen atoms in total. The number of carbonyl (C=O) groups is 2. The molecule has 172 valence electrons. The van der Waals surface area contributed by atoms with E-state index in [4.69, 9.17) is 4.74 Å². The van der Waals surface area contributed by atoms with Crippen molar-refractivity contribution in [1.82, 2.24) is 20.9 Å². The largest absolute Gasteiger partial charge is 0.378 e. The first kappa shape index (κ1) is 23.5. The van der Waals surface area contributed by atoms with Crippen LogP contribution in [-0.2, 0) is 22.6 Å². The van der Waals surface area contributed by atoms with Gasteiger partial charge < -0.3 is 25.6 Å². The van der Waals surface area contributed by atoms with Crippen molar-refractivity contribution in [2.75, 3.05) is 31.2 Å². The van der Waals surface area contributed by atoms with Gasteiger partial charge in [-0.1, -0.05) is 31.5 Å². The number of ether oxygens (including phenoxy) is 1. The van der Waals surface area contributed by atoms with Gasteiger partial charge in [-0.15, -0.1) is 0 Å². The lowest BCUT2D eigenvalue weighted by Gasteiger charge is -2.27. The van der Waals surface area contributed by atoms with Crippen molar-refractivity contribution in [1.29, 1.82) is 0 Å². The molecule has 1 aliphatic rings. The van der Waals surface area contributed by atoms with Gasteiger partial charge in [-0.2, -0.15) is 0 Å². The molecule has 1 aliphatic heterocycles. The number of hydrogen-bond acceptors (Lipinski definition) is 5. The lowest BCUT2D eigenvalue weighted by Crippen LogP contribution is -2.49. The summed E-state index contributed by atoms with van der Waals surface area (Å²) in [4.78, 5) is 31.5. The zero-order chi connectivity index (χ0) is 22.8. The lowest BCUT2D eigenvalue weighted by atomic mass is 10.1. The summed E-state index contributed by atoms with van der Waals surface area (Å²) in [6.45, 7) is 5.55. The summed E-state index contributed by atoms with van der Waals surface area (Å²) in [6, 6.07) is 8.67. The Morgan fingerprint density at radius 2 is 1.75 bits per heavy atom. The third-order valence-corrected chi connectivity index (χ3v) is 5.18. The molecular formula is C23H30FN5O3. The Hall–Kier alpha value is -3.20. The second kappa shape index (κ2) is 12.0. The smallest absolute Gasteiger partial charge is 0.315 e. The normalized spacial score (nSPS) is 14.5. The fourth-order valence-corrected chi connectivity index (χ4v) is 3.36. The van der Waals surface area contributed by atoms with Gasteiger partial charge in [0.25, 0.3) is 0 Å². The van der Waals surface area contributed by atoms with Gasteiger partial charge in [-0.25, -0.2) is 14.2 Å². The van der Waals surface area contributed by atoms with Gasteiger partial charge in [0, 0.05) is 32.4 Å². The summed E-state index contributed by atoms with van der Waals surface area (Å²) in [5, 5.41) is 8.29. The van der Waals surface area contributed by atoms with Gasteiger partial charge in [0.15, 0.2) is 0 Å². The van der Waals surface area contributed by atoms with Crippen molar-refractivity contribution in [2.45, 2.75) is 38.9 Å². The Balaban J connectivity index is 1.46. The minimum Gasteiger partial charge on any atom is -0.378 e. The summed E-state index contributed by atoms with van der Waals surface area (Å²) in [5.74, 6) is 0.316. The van der Waals surface area contributed by atoms with Gasteiger partial charge >= 0.3 is 6.03 Å². The third-order valence-electron chi connectivity index (χ3n) is 5.18. The number of pyridine rings is 1. The standard InChI is InChI=1S/C23H30FN5O3/c1-2-3-20(28-23(31)27-14-17-4-7-19(24)8-5-17)22(30)26-16-18-6-9-21(25-15-18)29-10-12-32-13-11-29/h4-9,15,20H,2-3,10-14,16H2,1H3,(H,26,30)(H2,27,28,31). The predicted molar refractivity (Wildman–Crippen MR) is 120 cm³/mol. The first-order valence-electron chi connectivity index (χ1n) is 10.9. The fraction of sp³-hybridized carbons (Fsp3) is 0.435. The zero-order valence-electron chi connectivity index (χ0n) is 18.3. The molecule has 0 aliphatic carbocycles. The van der Waals surface area contributed by atoms with Crippen molar-refractivity contribution in [3.63, 3.8) is 0 Å². The molecule has 2 heterocycles. The summed E-state index contributed by atoms with van der Waals surface area (Å²) in [6.07, 6.45) is 3.01. The summed E-state index contributed by atoms with van der Waals surface area (Å²) < 4.78 is 18.3. The number of anilines is 1. The molecule has 0 radical (unpaired) electrons. The van der Waals surface area contributed by atoms with Crippen LogP contribution in [0.1, 0.15) is 30.9 Å². The molecule has 3 N–H and O–H groups in total. The van der Waals surface area contributed by atoms with Crippen molar-refractivity contribution < 1.29 is 18.7 Å². The van der Waals surface area contributed by atoms with Crippen LogP contribution < -0.4 is 20.9 Å². The van der Waals surface area contributed by atoms with E-state index in [1.54, 1.807) is 18.3 Å². The Labute approximate surface area is 187 Å². The van der Waals surface area contributed by atoms with Gasteiger partial charge in [-0.05, 0) is 35.7 Å². The van der Waals surface area contributed by atoms with Crippen LogP contribution in [0, 0.1) is 5.82 Å². The maximum Gasteiger partial charge on any atom is 0.315 e. The summed E-state index contributed by atoms with van der Waals surface area (Å²) >= 11 is 0. The highest BCUT2D eigenvalue weighted by atomic mass is 19.1. The second-order valence-electron chi connectivity index (χ2n) is 7.64. The zero-order valence-corrected chi connectivity index (χ0v) is 18.3. The van der Waals surface area contributed by atoms with E-state index < -0.39 is 12.1 Å². The van der Waals surface area contributed by atoms with Gasteiger partial charge in [0.1, 0.15) is 17.7 Å². The highest BCUT2D eigenvalue weighted by Gasteiger charge is 2.20. The molecule has 9 heteroatoms. The molecule has 3 amide bonds. The Morgan fingerprint density at radius 3 is 2.41 bits per heavy atom. The lowest BCUT2D eigenvalue weighted by molar-refractivity contribution is -0.123. The van der Waals surface area contributed by atoms with Crippen LogP contribution >= 0.6 is 0 Å². The van der Waals surface area contributed by atoms with E-state index in [1.165, 1.54) is 12.1 Å². The maximum atomic E-state index is 13.0. The predicted octanol–water partition coefficient (Wildman–Crippen LogP) is 2.34. The topological polar surface area (TPSA) is 95.6 Å². The number of hydrogen-bond donors (Lipinski definition) is 3. The molecule has 1 saturated heterocycles. The summed E-state index contributed by atoms with van der Waals surface area (Å²) in [7, 11) is 0. The second-order valence-corrected chi connectivity index (χ2v) is 7.64. The van der Waals surface area contributed by atoms with Crippen LogP contribution in [0.2, 0.25) is 0 Å². The molecule has 1 unspecified atom stereocenters. The van der Waals surface area contributed by atoms with Gasteiger partial charge in [0.05, 0.1) is 13.2 Å². The Morgan fingerprint density at radius 1 is 1.06 bits per heavy atom. The van der Waals surface area contributed by atoms with E-state index in [-0.39, 0.29) is 18.3 Å². The van der Waals surface area contributed by atoms with Crippen LogP contribution in [0.4, 0.5) is 15.0 Å². The average Bonchev–Trinajstić information content (AvgIpc) is 2.83. The Kier molecular flexibility index (Phi) is 8.79. The molecular weight excluding hydrogens is 413 g/mol. The molecule has 1 aromatic heterocycles. The SMILES string of the molecule is CCCC(NC(=O)NCc1ccc(F)cc1)C(=O)NCc1ccc(N2CCOCC2)nc1. The minimum absolute atomic E-state index is 0.244. The third kappa shape index (κ3) is 7.19. The van der Waals surface area contributed by atoms with E-state index in [2.05, 4.69) is 25.8 Å². The van der Waals surface area contributed by atoms with E-state index in [9.17, 15) is 14.0 Å². The molecule has 1 aromatic carbocycles. The average molecular weight is 444 g/mol. The molecule has 1 atom stereocenters. The van der Waals surface area contributed by atoms with Crippen molar-refractivity contribution >= 4 is 17.8 Å². The van der Waals surface area contributed by atoms with Gasteiger partial charge in [0.2, 0.25) is 5.91 Å². The first-order valence-corrected chi connectivity index (χ1v) is 10.9. The highest BCUT2D eigenvalue weighted by molar-refractivity contribution is 5.86. The number of carbonyl (C=O) groups excluding carboxylic acids is 2. The number of rotatable bonds is 9. The number of aromatic nitrogens is 1. The molecule has 3 rings (SSSR count). The van der Waals surface area contributed by atoms with Crippen LogP contribution in [0.3, 0.4) is 0 Å². The maximum absolute atomic E-state index is 13.0. The van der Waals surface area contributed by atoms with Crippen molar-refractivity contribution in [2.24, 2.45) is 0 Å². The van der Waals surface area contributed by atoms with E-state index in [1.807, 2.05) is 19.1 Å². The van der Waals surface area contributed by atoms with Crippen LogP contribution in [0.15, 0.2) is 42.6 Å². The number of halogens is 1. The fourth-order valence-electron chi connectivity index (χ4n) is 3.36. The number of nitrogens with one attached hydrogen (secondary N) is 3. The van der Waals surface area contributed by atoms with E-state index in [0.717, 1.165) is 36.5 Å². The number of amides is 3. The summed E-state index contributed by atoms with van der Waals surface area (Å²) in [5.41, 5.74) is 1.65. The molecule has 0 saturated carbocycles. The number of morpholine rings is 1. The van der Waals surface area contributed by atoms with Crippen molar-refractivity contribution in [3.8, 4) is 0 Å². The number of nitrogens with zero attached hydrogens (tertiary/aromatic N) is 2. The van der Waals surface area contributed by atoms with E-state index in [0.29, 0.717) is 26.2 Å². The number of benzene rings is 1. The number of urea groups is 1.